The number of hydrogen-bond acceptors (Lipinski definition) is 2. The Kier molecular flexibility index (Phi) is 6.77. The average Bonchev–Trinajstić information content (AvgIpc) is 3.39. The second-order valence-corrected chi connectivity index (χ2v) is 9.90. The van der Waals surface area contributed by atoms with Gasteiger partial charge in [0.05, 0.1) is 16.6 Å². The summed E-state index contributed by atoms with van der Waals surface area (Å²) in [6.07, 6.45) is 1.91. The van der Waals surface area contributed by atoms with Crippen LogP contribution in [0.3, 0.4) is 0 Å². The molecular weight excluding hydrogens is 522 g/mol. The molecular formula is C34H24F2N2O3. The first-order chi connectivity index (χ1) is 19.9. The zero-order valence-electron chi connectivity index (χ0n) is 21.8. The summed E-state index contributed by atoms with van der Waals surface area (Å²) in [6.45, 7) is 0.705. The number of amides is 1. The molecule has 5 nitrogen and oxygen atoms in total. The smallest absolute Gasteiger partial charge is 0.335 e. The van der Waals surface area contributed by atoms with Gasteiger partial charge in [0.25, 0.3) is 5.91 Å². The molecule has 0 unspecified atom stereocenters. The molecule has 0 aliphatic carbocycles. The van der Waals surface area contributed by atoms with Crippen LogP contribution < -0.4 is 5.32 Å². The number of aromatic carboxylic acids is 1. The van der Waals surface area contributed by atoms with Crippen LogP contribution in [0, 0.1) is 11.6 Å². The van der Waals surface area contributed by atoms with E-state index in [1.54, 1.807) is 18.2 Å². The highest BCUT2D eigenvalue weighted by atomic mass is 19.2. The lowest BCUT2D eigenvalue weighted by molar-refractivity contribution is 0.0696. The number of halogens is 2. The third-order valence-electron chi connectivity index (χ3n) is 7.18. The number of hydrogen-bond donors (Lipinski definition) is 2. The number of rotatable bonds is 7. The SMILES string of the molecule is O=C(O)c1ccc(CNC(=O)c2cc(-c3ccc(F)c(F)c3)cc3ccn(Cc4ccc5ccccc5c4)c23)cc1. The summed E-state index contributed by atoms with van der Waals surface area (Å²) >= 11 is 0. The van der Waals surface area contributed by atoms with E-state index in [0.29, 0.717) is 28.8 Å². The van der Waals surface area contributed by atoms with E-state index >= 15 is 0 Å². The van der Waals surface area contributed by atoms with Crippen molar-refractivity contribution < 1.29 is 23.5 Å². The van der Waals surface area contributed by atoms with Crippen LogP contribution in [0.5, 0.6) is 0 Å². The molecule has 1 heterocycles. The van der Waals surface area contributed by atoms with E-state index in [1.807, 2.05) is 35.0 Å². The number of nitrogens with one attached hydrogen (secondary N) is 1. The maximum absolute atomic E-state index is 14.1. The molecule has 202 valence electrons. The Labute approximate surface area is 234 Å². The summed E-state index contributed by atoms with van der Waals surface area (Å²) in [6, 6.07) is 29.8. The second-order valence-electron chi connectivity index (χ2n) is 9.90. The van der Waals surface area contributed by atoms with Gasteiger partial charge < -0.3 is 15.0 Å². The fourth-order valence-corrected chi connectivity index (χ4v) is 5.07. The molecule has 0 fully saturated rings. The van der Waals surface area contributed by atoms with Gasteiger partial charge in [0.2, 0.25) is 0 Å². The number of benzene rings is 5. The Hall–Kier alpha value is -5.30. The van der Waals surface area contributed by atoms with Gasteiger partial charge in [-0.15, -0.1) is 0 Å². The maximum Gasteiger partial charge on any atom is 0.335 e. The van der Waals surface area contributed by atoms with E-state index < -0.39 is 17.6 Å². The average molecular weight is 547 g/mol. The van der Waals surface area contributed by atoms with Crippen molar-refractivity contribution in [1.29, 1.82) is 0 Å². The minimum atomic E-state index is -1.02. The van der Waals surface area contributed by atoms with E-state index in [2.05, 4.69) is 35.6 Å². The van der Waals surface area contributed by atoms with E-state index in [4.69, 9.17) is 5.11 Å². The molecule has 2 N–H and O–H groups in total. The van der Waals surface area contributed by atoms with E-state index in [0.717, 1.165) is 39.4 Å². The molecule has 0 spiro atoms. The molecule has 0 atom stereocenters. The van der Waals surface area contributed by atoms with Gasteiger partial charge in [0.1, 0.15) is 0 Å². The van der Waals surface area contributed by atoms with Crippen LogP contribution in [0.4, 0.5) is 8.78 Å². The zero-order chi connectivity index (χ0) is 28.5. The summed E-state index contributed by atoms with van der Waals surface area (Å²) < 4.78 is 29.7. The van der Waals surface area contributed by atoms with Crippen molar-refractivity contribution in [3.63, 3.8) is 0 Å². The normalized spacial score (nSPS) is 11.2. The van der Waals surface area contributed by atoms with Crippen molar-refractivity contribution in [1.82, 2.24) is 9.88 Å². The standard InChI is InChI=1S/C34H24F2N2O3/c35-30-12-11-26(18-31(30)36)28-16-27-13-14-38(20-22-7-8-23-3-1-2-4-25(23)15-22)32(27)29(17-28)33(39)37-19-21-5-9-24(10-6-21)34(40)41/h1-18H,19-20H2,(H,37,39)(H,40,41). The summed E-state index contributed by atoms with van der Waals surface area (Å²) in [7, 11) is 0. The van der Waals surface area contributed by atoms with Gasteiger partial charge in [-0.2, -0.15) is 0 Å². The predicted molar refractivity (Wildman–Crippen MR) is 155 cm³/mol. The number of carboxylic acids is 1. The van der Waals surface area contributed by atoms with E-state index in [1.165, 1.54) is 18.2 Å². The second kappa shape index (κ2) is 10.7. The lowest BCUT2D eigenvalue weighted by atomic mass is 9.99. The van der Waals surface area contributed by atoms with Crippen LogP contribution in [-0.2, 0) is 13.1 Å². The molecule has 0 aliphatic heterocycles. The van der Waals surface area contributed by atoms with E-state index in [-0.39, 0.29) is 18.0 Å². The van der Waals surface area contributed by atoms with Crippen LogP contribution >= 0.6 is 0 Å². The number of nitrogens with zero attached hydrogens (tertiary/aromatic N) is 1. The molecule has 0 bridgehead atoms. The molecule has 6 rings (SSSR count). The van der Waals surface area contributed by atoms with Gasteiger partial charge in [0.15, 0.2) is 11.6 Å². The number of carbonyl (C=O) groups excluding carboxylic acids is 1. The molecule has 7 heteroatoms. The van der Waals surface area contributed by atoms with E-state index in [9.17, 15) is 18.4 Å². The summed E-state index contributed by atoms with van der Waals surface area (Å²) in [5, 5.41) is 15.1. The first-order valence-electron chi connectivity index (χ1n) is 13.0. The highest BCUT2D eigenvalue weighted by Crippen LogP contribution is 2.31. The fourth-order valence-electron chi connectivity index (χ4n) is 5.07. The highest BCUT2D eigenvalue weighted by Gasteiger charge is 2.18. The molecule has 0 saturated heterocycles. The number of carbonyl (C=O) groups is 2. The molecule has 6 aromatic rings. The monoisotopic (exact) mass is 546 g/mol. The number of fused-ring (bicyclic) bond motifs is 2. The van der Waals surface area contributed by atoms with Crippen LogP contribution in [0.1, 0.15) is 31.8 Å². The van der Waals surface area contributed by atoms with Gasteiger partial charge in [-0.05, 0) is 81.6 Å². The topological polar surface area (TPSA) is 71.3 Å². The molecule has 0 aliphatic rings. The van der Waals surface area contributed by atoms with Gasteiger partial charge in [-0.3, -0.25) is 4.79 Å². The Bertz CT molecular complexity index is 1940. The third kappa shape index (κ3) is 5.30. The molecule has 1 amide bonds. The molecule has 1 aromatic heterocycles. The summed E-state index contributed by atoms with van der Waals surface area (Å²) in [5.74, 6) is -3.28. The Morgan fingerprint density at radius 3 is 2.22 bits per heavy atom. The Balaban J connectivity index is 1.38. The largest absolute Gasteiger partial charge is 0.478 e. The van der Waals surface area contributed by atoms with Crippen molar-refractivity contribution >= 4 is 33.6 Å². The quantitative estimate of drug-likeness (QED) is 0.219. The third-order valence-corrected chi connectivity index (χ3v) is 7.18. The molecule has 0 saturated carbocycles. The van der Waals surface area contributed by atoms with Gasteiger partial charge in [-0.1, -0.05) is 54.6 Å². The van der Waals surface area contributed by atoms with Crippen LogP contribution in [0.25, 0.3) is 32.8 Å². The highest BCUT2D eigenvalue weighted by molar-refractivity contribution is 6.08. The predicted octanol–water partition coefficient (Wildman–Crippen LogP) is 7.42. The van der Waals surface area contributed by atoms with Gasteiger partial charge in [-0.25, -0.2) is 13.6 Å². The van der Waals surface area contributed by atoms with Gasteiger partial charge in [0, 0.05) is 24.7 Å². The first kappa shape index (κ1) is 26.0. The van der Waals surface area contributed by atoms with Crippen LogP contribution in [0.2, 0.25) is 0 Å². The molecule has 0 radical (unpaired) electrons. The first-order valence-corrected chi connectivity index (χ1v) is 13.0. The summed E-state index contributed by atoms with van der Waals surface area (Å²) in [5.41, 5.74) is 4.09. The van der Waals surface area contributed by atoms with Crippen molar-refractivity contribution in [2.45, 2.75) is 13.1 Å². The minimum absolute atomic E-state index is 0.160. The van der Waals surface area contributed by atoms with Crippen molar-refractivity contribution in [2.75, 3.05) is 0 Å². The Morgan fingerprint density at radius 2 is 1.46 bits per heavy atom. The number of carboxylic acid groups (broad SMARTS) is 1. The lowest BCUT2D eigenvalue weighted by Crippen LogP contribution is -2.23. The van der Waals surface area contributed by atoms with Crippen LogP contribution in [-0.4, -0.2) is 21.6 Å². The maximum atomic E-state index is 14.1. The van der Waals surface area contributed by atoms with Crippen molar-refractivity contribution in [3.8, 4) is 11.1 Å². The zero-order valence-corrected chi connectivity index (χ0v) is 21.8. The lowest BCUT2D eigenvalue weighted by Gasteiger charge is -2.14. The van der Waals surface area contributed by atoms with Crippen molar-refractivity contribution in [2.24, 2.45) is 0 Å². The van der Waals surface area contributed by atoms with Crippen molar-refractivity contribution in [3.05, 3.63) is 143 Å². The Morgan fingerprint density at radius 1 is 0.707 bits per heavy atom. The summed E-state index contributed by atoms with van der Waals surface area (Å²) in [4.78, 5) is 24.8. The molecule has 41 heavy (non-hydrogen) atoms. The molecule has 5 aromatic carbocycles. The fraction of sp³-hybridized carbons (Fsp3) is 0.0588. The minimum Gasteiger partial charge on any atom is -0.478 e. The number of aromatic nitrogens is 1. The van der Waals surface area contributed by atoms with Crippen LogP contribution in [0.15, 0.2) is 109 Å². The van der Waals surface area contributed by atoms with Gasteiger partial charge >= 0.3 is 5.97 Å².